The van der Waals surface area contributed by atoms with Crippen LogP contribution in [0, 0.1) is 25.7 Å². The molecule has 2 fully saturated rings. The molecule has 3 aromatic carbocycles. The maximum Gasteiger partial charge on any atom is 0.116 e. The van der Waals surface area contributed by atoms with Crippen molar-refractivity contribution < 1.29 is 0 Å². The molecule has 0 saturated heterocycles. The van der Waals surface area contributed by atoms with Crippen LogP contribution in [0.25, 0.3) is 49.1 Å². The van der Waals surface area contributed by atoms with Crippen LogP contribution in [0.4, 0.5) is 0 Å². The molecule has 0 aliphatic heterocycles. The third-order valence-electron chi connectivity index (χ3n) is 8.63. The van der Waals surface area contributed by atoms with E-state index in [9.17, 15) is 0 Å². The average molecular weight is 416 g/mol. The van der Waals surface area contributed by atoms with Gasteiger partial charge in [-0.05, 0) is 80.2 Å². The SMILES string of the molecule is Cc1cc(C)c2c(c1)c1ncnc3cc(C4CC5CCC4C5)c4c5ccccc5n2c4c31. The Kier molecular flexibility index (Phi) is 3.13. The van der Waals surface area contributed by atoms with Gasteiger partial charge in [0.1, 0.15) is 6.33 Å². The highest BCUT2D eigenvalue weighted by Crippen LogP contribution is 2.55. The number of hydrogen-bond acceptors (Lipinski definition) is 2. The number of benzene rings is 3. The summed E-state index contributed by atoms with van der Waals surface area (Å²) in [6, 6.07) is 16.0. The lowest BCUT2D eigenvalue weighted by Gasteiger charge is -2.24. The van der Waals surface area contributed by atoms with E-state index in [1.54, 1.807) is 6.33 Å². The van der Waals surface area contributed by atoms with Gasteiger partial charge in [0.05, 0.1) is 33.0 Å². The highest BCUT2D eigenvalue weighted by molar-refractivity contribution is 6.28. The number of hydrogen-bond donors (Lipinski definition) is 0. The van der Waals surface area contributed by atoms with Gasteiger partial charge < -0.3 is 4.40 Å². The number of rotatable bonds is 1. The van der Waals surface area contributed by atoms with Crippen molar-refractivity contribution in [3.05, 3.63) is 65.5 Å². The van der Waals surface area contributed by atoms with Crippen LogP contribution in [0.2, 0.25) is 0 Å². The number of para-hydroxylation sites is 1. The first-order chi connectivity index (χ1) is 15.7. The van der Waals surface area contributed by atoms with Gasteiger partial charge in [-0.1, -0.05) is 36.2 Å². The summed E-state index contributed by atoms with van der Waals surface area (Å²) < 4.78 is 2.53. The van der Waals surface area contributed by atoms with Crippen LogP contribution in [0.15, 0.2) is 48.8 Å². The van der Waals surface area contributed by atoms with E-state index in [0.29, 0.717) is 5.92 Å². The van der Waals surface area contributed by atoms with E-state index in [4.69, 9.17) is 9.97 Å². The van der Waals surface area contributed by atoms with E-state index in [-0.39, 0.29) is 0 Å². The topological polar surface area (TPSA) is 30.2 Å². The van der Waals surface area contributed by atoms with Crippen molar-refractivity contribution in [3.63, 3.8) is 0 Å². The Morgan fingerprint density at radius 1 is 0.875 bits per heavy atom. The van der Waals surface area contributed by atoms with Crippen LogP contribution in [0.1, 0.15) is 48.3 Å². The predicted molar refractivity (Wildman–Crippen MR) is 132 cm³/mol. The number of fused-ring (bicyclic) bond motifs is 8. The molecule has 3 nitrogen and oxygen atoms in total. The van der Waals surface area contributed by atoms with E-state index in [1.807, 2.05) is 0 Å². The predicted octanol–water partition coefficient (Wildman–Crippen LogP) is 7.30. The summed E-state index contributed by atoms with van der Waals surface area (Å²) >= 11 is 0. The Hall–Kier alpha value is -3.20. The number of pyridine rings is 1. The molecule has 2 saturated carbocycles. The standard InChI is InChI=1S/C29H25N3/c1-15-9-16(2)28-22(10-15)27-26-23(30-14-31-27)13-21(20-12-17-7-8-18(20)11-17)25-19-5-3-4-6-24(19)32(28)29(25)26/h3-6,9-10,13-14,17-18,20H,7-8,11-12H2,1-2H3. The molecule has 2 aliphatic rings. The maximum absolute atomic E-state index is 4.85. The summed E-state index contributed by atoms with van der Waals surface area (Å²) in [5, 5.41) is 5.29. The Labute approximate surface area is 186 Å². The lowest BCUT2D eigenvalue weighted by atomic mass is 9.81. The second-order valence-corrected chi connectivity index (χ2v) is 10.4. The van der Waals surface area contributed by atoms with Crippen LogP contribution in [-0.2, 0) is 0 Å². The van der Waals surface area contributed by atoms with Crippen LogP contribution in [0.3, 0.4) is 0 Å². The molecule has 3 unspecified atom stereocenters. The third kappa shape index (κ3) is 1.98. The number of nitrogens with zero attached hydrogens (tertiary/aromatic N) is 3. The van der Waals surface area contributed by atoms with Crippen molar-refractivity contribution in [1.82, 2.24) is 14.4 Å². The zero-order valence-electron chi connectivity index (χ0n) is 18.5. The van der Waals surface area contributed by atoms with Crippen molar-refractivity contribution in [2.24, 2.45) is 11.8 Å². The fraction of sp³-hybridized carbons (Fsp3) is 0.310. The molecule has 2 aliphatic carbocycles. The summed E-state index contributed by atoms with van der Waals surface area (Å²) in [6.45, 7) is 4.43. The van der Waals surface area contributed by atoms with E-state index in [0.717, 1.165) is 22.9 Å². The van der Waals surface area contributed by atoms with Gasteiger partial charge in [0.25, 0.3) is 0 Å². The molecule has 32 heavy (non-hydrogen) atoms. The molecule has 0 spiro atoms. The number of aryl methyl sites for hydroxylation is 2. The van der Waals surface area contributed by atoms with Gasteiger partial charge in [-0.2, -0.15) is 0 Å². The summed E-state index contributed by atoms with van der Waals surface area (Å²) in [5.41, 5.74) is 10.3. The molecular formula is C29H25N3. The first-order valence-corrected chi connectivity index (χ1v) is 12.0. The van der Waals surface area contributed by atoms with Gasteiger partial charge in [-0.25, -0.2) is 9.97 Å². The van der Waals surface area contributed by atoms with Gasteiger partial charge in [0.2, 0.25) is 0 Å². The maximum atomic E-state index is 4.85. The molecule has 8 rings (SSSR count). The van der Waals surface area contributed by atoms with Crippen molar-refractivity contribution in [2.75, 3.05) is 0 Å². The molecule has 0 amide bonds. The zero-order valence-corrected chi connectivity index (χ0v) is 18.5. The second kappa shape index (κ2) is 5.78. The van der Waals surface area contributed by atoms with Gasteiger partial charge in [-0.15, -0.1) is 0 Å². The smallest absolute Gasteiger partial charge is 0.116 e. The van der Waals surface area contributed by atoms with Gasteiger partial charge in [0.15, 0.2) is 0 Å². The van der Waals surface area contributed by atoms with Crippen LogP contribution in [0.5, 0.6) is 0 Å². The molecule has 6 aromatic rings. The Bertz CT molecular complexity index is 1720. The number of aromatic nitrogens is 3. The molecular weight excluding hydrogens is 390 g/mol. The third-order valence-corrected chi connectivity index (χ3v) is 8.63. The molecule has 3 heterocycles. The Morgan fingerprint density at radius 3 is 2.62 bits per heavy atom. The highest BCUT2D eigenvalue weighted by atomic mass is 14.9. The summed E-state index contributed by atoms with van der Waals surface area (Å²) in [6.07, 6.45) is 7.35. The fourth-order valence-electron chi connectivity index (χ4n) is 7.52. The Morgan fingerprint density at radius 2 is 1.78 bits per heavy atom. The van der Waals surface area contributed by atoms with Gasteiger partial charge >= 0.3 is 0 Å². The normalized spacial score (nSPS) is 23.1. The van der Waals surface area contributed by atoms with Gasteiger partial charge in [-0.3, -0.25) is 0 Å². The summed E-state index contributed by atoms with van der Waals surface area (Å²) in [7, 11) is 0. The van der Waals surface area contributed by atoms with Crippen molar-refractivity contribution in [3.8, 4) is 0 Å². The molecule has 3 atom stereocenters. The first kappa shape index (κ1) is 17.4. The van der Waals surface area contributed by atoms with Crippen LogP contribution in [-0.4, -0.2) is 14.4 Å². The van der Waals surface area contributed by atoms with Crippen molar-refractivity contribution in [2.45, 2.75) is 45.4 Å². The lowest BCUT2D eigenvalue weighted by Crippen LogP contribution is -2.09. The molecule has 0 radical (unpaired) electrons. The molecule has 0 N–H and O–H groups in total. The molecule has 3 heteroatoms. The zero-order chi connectivity index (χ0) is 21.1. The lowest BCUT2D eigenvalue weighted by molar-refractivity contribution is 0.422. The minimum atomic E-state index is 0.663. The summed E-state index contributed by atoms with van der Waals surface area (Å²) in [5.74, 6) is 2.42. The van der Waals surface area contributed by atoms with E-state index < -0.39 is 0 Å². The quantitative estimate of drug-likeness (QED) is 0.208. The second-order valence-electron chi connectivity index (χ2n) is 10.4. The monoisotopic (exact) mass is 415 g/mol. The largest absolute Gasteiger partial charge is 0.308 e. The molecule has 3 aromatic heterocycles. The van der Waals surface area contributed by atoms with Gasteiger partial charge in [0, 0.05) is 16.2 Å². The van der Waals surface area contributed by atoms with Crippen LogP contribution >= 0.6 is 0 Å². The summed E-state index contributed by atoms with van der Waals surface area (Å²) in [4.78, 5) is 9.68. The van der Waals surface area contributed by atoms with E-state index >= 15 is 0 Å². The minimum Gasteiger partial charge on any atom is -0.308 e. The first-order valence-electron chi connectivity index (χ1n) is 12.0. The van der Waals surface area contributed by atoms with E-state index in [1.165, 1.54) is 80.5 Å². The highest BCUT2D eigenvalue weighted by Gasteiger charge is 2.41. The average Bonchev–Trinajstić information content (AvgIpc) is 3.51. The van der Waals surface area contributed by atoms with E-state index in [2.05, 4.69) is 60.7 Å². The molecule has 2 bridgehead atoms. The van der Waals surface area contributed by atoms with Crippen LogP contribution < -0.4 is 0 Å². The fourth-order valence-corrected chi connectivity index (χ4v) is 7.52. The van der Waals surface area contributed by atoms with Crippen molar-refractivity contribution >= 4 is 49.1 Å². The Balaban J connectivity index is 1.69. The van der Waals surface area contributed by atoms with Crippen molar-refractivity contribution in [1.29, 1.82) is 0 Å². The molecule has 156 valence electrons. The minimum absolute atomic E-state index is 0.663.